The molecule has 2 aromatic carbocycles. The number of rotatable bonds is 8. The molecule has 0 unspecified atom stereocenters. The number of esters is 1. The third-order valence-corrected chi connectivity index (χ3v) is 4.38. The van der Waals surface area contributed by atoms with E-state index in [1.807, 2.05) is 32.0 Å². The number of nitrogens with one attached hydrogen (secondary N) is 1. The van der Waals surface area contributed by atoms with E-state index in [0.717, 1.165) is 36.8 Å². The molecule has 4 heteroatoms. The predicted octanol–water partition coefficient (Wildman–Crippen LogP) is 5.29. The molecule has 0 radical (unpaired) electrons. The maximum absolute atomic E-state index is 12.3. The van der Waals surface area contributed by atoms with E-state index in [9.17, 15) is 9.59 Å². The van der Waals surface area contributed by atoms with Crippen LogP contribution in [0.4, 0.5) is 5.69 Å². The molecule has 0 atom stereocenters. The Labute approximate surface area is 155 Å². The summed E-state index contributed by atoms with van der Waals surface area (Å²) in [6, 6.07) is 12.4. The highest BCUT2D eigenvalue weighted by Crippen LogP contribution is 2.15. The minimum Gasteiger partial charge on any atom is -0.462 e. The number of amides is 1. The Bertz CT molecular complexity index is 750. The van der Waals surface area contributed by atoms with Crippen LogP contribution in [-0.2, 0) is 4.74 Å². The summed E-state index contributed by atoms with van der Waals surface area (Å²) in [5.41, 5.74) is 3.98. The van der Waals surface area contributed by atoms with Gasteiger partial charge in [0.1, 0.15) is 0 Å². The molecule has 1 N–H and O–H groups in total. The van der Waals surface area contributed by atoms with E-state index in [4.69, 9.17) is 4.74 Å². The molecule has 26 heavy (non-hydrogen) atoms. The number of benzene rings is 2. The highest BCUT2D eigenvalue weighted by molar-refractivity contribution is 6.04. The van der Waals surface area contributed by atoms with Crippen molar-refractivity contribution in [3.8, 4) is 0 Å². The van der Waals surface area contributed by atoms with Crippen LogP contribution in [0.1, 0.15) is 64.4 Å². The van der Waals surface area contributed by atoms with Gasteiger partial charge in [0.15, 0.2) is 0 Å². The van der Waals surface area contributed by atoms with Crippen molar-refractivity contribution >= 4 is 17.6 Å². The minimum absolute atomic E-state index is 0.167. The van der Waals surface area contributed by atoms with Crippen LogP contribution in [-0.4, -0.2) is 18.5 Å². The summed E-state index contributed by atoms with van der Waals surface area (Å²) in [6.45, 7) is 6.59. The van der Waals surface area contributed by atoms with Crippen molar-refractivity contribution in [3.05, 3.63) is 64.7 Å². The number of hydrogen-bond acceptors (Lipinski definition) is 3. The predicted molar refractivity (Wildman–Crippen MR) is 105 cm³/mol. The molecule has 0 saturated carbocycles. The molecule has 2 aromatic rings. The van der Waals surface area contributed by atoms with Gasteiger partial charge in [-0.1, -0.05) is 32.3 Å². The Morgan fingerprint density at radius 3 is 2.23 bits per heavy atom. The first-order chi connectivity index (χ1) is 12.5. The summed E-state index contributed by atoms with van der Waals surface area (Å²) >= 11 is 0. The number of anilines is 1. The van der Waals surface area contributed by atoms with Gasteiger partial charge < -0.3 is 10.1 Å². The lowest BCUT2D eigenvalue weighted by atomic mass is 10.1. The monoisotopic (exact) mass is 353 g/mol. The molecule has 0 spiro atoms. The molecule has 4 nitrogen and oxygen atoms in total. The maximum atomic E-state index is 12.3. The average Bonchev–Trinajstić information content (AvgIpc) is 2.64. The van der Waals surface area contributed by atoms with E-state index in [1.54, 1.807) is 24.3 Å². The standard InChI is InChI=1S/C22H27NO3/c1-4-5-6-7-14-26-22(25)18-10-12-20(13-11-18)23-21(24)19-9-8-16(2)17(3)15-19/h8-13,15H,4-7,14H2,1-3H3,(H,23,24). The summed E-state index contributed by atoms with van der Waals surface area (Å²) in [5.74, 6) is -0.493. The van der Waals surface area contributed by atoms with Gasteiger partial charge in [0.05, 0.1) is 12.2 Å². The van der Waals surface area contributed by atoms with E-state index in [-0.39, 0.29) is 11.9 Å². The molecule has 2 rings (SSSR count). The van der Waals surface area contributed by atoms with Crippen LogP contribution in [0.3, 0.4) is 0 Å². The van der Waals surface area contributed by atoms with Gasteiger partial charge in [0.25, 0.3) is 5.91 Å². The van der Waals surface area contributed by atoms with Crippen LogP contribution in [0, 0.1) is 13.8 Å². The zero-order valence-electron chi connectivity index (χ0n) is 15.8. The van der Waals surface area contributed by atoms with Crippen molar-refractivity contribution in [2.75, 3.05) is 11.9 Å². The third kappa shape index (κ3) is 5.73. The summed E-state index contributed by atoms with van der Waals surface area (Å²) in [6.07, 6.45) is 4.28. The summed E-state index contributed by atoms with van der Waals surface area (Å²) < 4.78 is 5.26. The highest BCUT2D eigenvalue weighted by Gasteiger charge is 2.10. The topological polar surface area (TPSA) is 55.4 Å². The van der Waals surface area contributed by atoms with Gasteiger partial charge in [-0.05, 0) is 67.8 Å². The maximum Gasteiger partial charge on any atom is 0.338 e. The summed E-state index contributed by atoms with van der Waals surface area (Å²) in [7, 11) is 0. The van der Waals surface area contributed by atoms with E-state index >= 15 is 0 Å². The fourth-order valence-corrected chi connectivity index (χ4v) is 2.55. The zero-order valence-corrected chi connectivity index (χ0v) is 15.8. The number of carbonyl (C=O) groups excluding carboxylic acids is 2. The van der Waals surface area contributed by atoms with Gasteiger partial charge in [-0.3, -0.25) is 4.79 Å². The van der Waals surface area contributed by atoms with Crippen LogP contribution >= 0.6 is 0 Å². The van der Waals surface area contributed by atoms with Crippen molar-refractivity contribution in [1.82, 2.24) is 0 Å². The van der Waals surface area contributed by atoms with Gasteiger partial charge >= 0.3 is 5.97 Å². The fraction of sp³-hybridized carbons (Fsp3) is 0.364. The zero-order chi connectivity index (χ0) is 18.9. The van der Waals surface area contributed by atoms with E-state index in [1.165, 1.54) is 0 Å². The first-order valence-corrected chi connectivity index (χ1v) is 9.17. The number of carbonyl (C=O) groups is 2. The van der Waals surface area contributed by atoms with E-state index < -0.39 is 0 Å². The second kappa shape index (κ2) is 9.76. The lowest BCUT2D eigenvalue weighted by molar-refractivity contribution is 0.0498. The molecular weight excluding hydrogens is 326 g/mol. The second-order valence-electron chi connectivity index (χ2n) is 6.53. The smallest absolute Gasteiger partial charge is 0.338 e. The average molecular weight is 353 g/mol. The van der Waals surface area contributed by atoms with E-state index in [2.05, 4.69) is 12.2 Å². The second-order valence-corrected chi connectivity index (χ2v) is 6.53. The largest absolute Gasteiger partial charge is 0.462 e. The summed E-state index contributed by atoms with van der Waals surface area (Å²) in [5, 5.41) is 2.85. The normalized spacial score (nSPS) is 10.4. The summed E-state index contributed by atoms with van der Waals surface area (Å²) in [4.78, 5) is 24.3. The molecule has 0 saturated heterocycles. The highest BCUT2D eigenvalue weighted by atomic mass is 16.5. The number of hydrogen-bond donors (Lipinski definition) is 1. The molecule has 0 heterocycles. The molecule has 1 amide bonds. The van der Waals surface area contributed by atoms with Gasteiger partial charge in [0, 0.05) is 11.3 Å². The molecule has 0 aliphatic carbocycles. The number of aryl methyl sites for hydroxylation is 2. The van der Waals surface area contributed by atoms with Crippen molar-refractivity contribution in [3.63, 3.8) is 0 Å². The Morgan fingerprint density at radius 2 is 1.58 bits per heavy atom. The van der Waals surface area contributed by atoms with Gasteiger partial charge in [0.2, 0.25) is 0 Å². The third-order valence-electron chi connectivity index (χ3n) is 4.38. The molecule has 0 bridgehead atoms. The first-order valence-electron chi connectivity index (χ1n) is 9.17. The van der Waals surface area contributed by atoms with Crippen LogP contribution < -0.4 is 5.32 Å². The Kier molecular flexibility index (Phi) is 7.39. The Balaban J connectivity index is 1.89. The van der Waals surface area contributed by atoms with Crippen LogP contribution in [0.2, 0.25) is 0 Å². The fourth-order valence-electron chi connectivity index (χ4n) is 2.55. The Hall–Kier alpha value is -2.62. The van der Waals surface area contributed by atoms with E-state index in [0.29, 0.717) is 23.4 Å². The molecule has 0 aliphatic rings. The minimum atomic E-state index is -0.325. The van der Waals surface area contributed by atoms with Crippen molar-refractivity contribution in [1.29, 1.82) is 0 Å². The van der Waals surface area contributed by atoms with Gasteiger partial charge in [-0.25, -0.2) is 4.79 Å². The lowest BCUT2D eigenvalue weighted by Gasteiger charge is -2.08. The molecule has 0 fully saturated rings. The molecular formula is C22H27NO3. The van der Waals surface area contributed by atoms with Crippen molar-refractivity contribution < 1.29 is 14.3 Å². The molecule has 0 aromatic heterocycles. The van der Waals surface area contributed by atoms with Crippen LogP contribution in [0.15, 0.2) is 42.5 Å². The first kappa shape index (κ1) is 19.7. The Morgan fingerprint density at radius 1 is 0.885 bits per heavy atom. The van der Waals surface area contributed by atoms with Crippen LogP contribution in [0.5, 0.6) is 0 Å². The molecule has 138 valence electrons. The number of unbranched alkanes of at least 4 members (excludes halogenated alkanes) is 3. The van der Waals surface area contributed by atoms with Crippen molar-refractivity contribution in [2.45, 2.75) is 46.5 Å². The number of ether oxygens (including phenoxy) is 1. The van der Waals surface area contributed by atoms with Crippen LogP contribution in [0.25, 0.3) is 0 Å². The molecule has 0 aliphatic heterocycles. The van der Waals surface area contributed by atoms with Gasteiger partial charge in [-0.15, -0.1) is 0 Å². The SMILES string of the molecule is CCCCCCOC(=O)c1ccc(NC(=O)c2ccc(C)c(C)c2)cc1. The van der Waals surface area contributed by atoms with Crippen molar-refractivity contribution in [2.24, 2.45) is 0 Å². The quantitative estimate of drug-likeness (QED) is 0.518. The lowest BCUT2D eigenvalue weighted by Crippen LogP contribution is -2.12. The van der Waals surface area contributed by atoms with Gasteiger partial charge in [-0.2, -0.15) is 0 Å².